The van der Waals surface area contributed by atoms with E-state index in [1.54, 1.807) is 0 Å². The topological polar surface area (TPSA) is 38.5 Å². The number of nitrogens with two attached hydrogens (primary N) is 1. The van der Waals surface area contributed by atoms with Crippen molar-refractivity contribution in [3.63, 3.8) is 0 Å². The Kier molecular flexibility index (Phi) is 4.22. The Bertz CT molecular complexity index is 214. The zero-order valence-electron chi connectivity index (χ0n) is 10.7. The van der Waals surface area contributed by atoms with E-state index in [4.69, 9.17) is 10.5 Å². The number of piperidine rings is 1. The summed E-state index contributed by atoms with van der Waals surface area (Å²) in [6, 6.07) is 1.02. The molecule has 1 aliphatic heterocycles. The van der Waals surface area contributed by atoms with Gasteiger partial charge in [0.1, 0.15) is 0 Å². The fraction of sp³-hybridized carbons (Fsp3) is 1.00. The third kappa shape index (κ3) is 2.76. The molecule has 94 valence electrons. The van der Waals surface area contributed by atoms with Gasteiger partial charge >= 0.3 is 0 Å². The van der Waals surface area contributed by atoms with Gasteiger partial charge in [0.25, 0.3) is 0 Å². The summed E-state index contributed by atoms with van der Waals surface area (Å²) in [5.74, 6) is 0.852. The van der Waals surface area contributed by atoms with Gasteiger partial charge < -0.3 is 10.5 Å². The van der Waals surface area contributed by atoms with Crippen LogP contribution in [0.5, 0.6) is 0 Å². The normalized spacial score (nSPS) is 38.8. The van der Waals surface area contributed by atoms with Crippen molar-refractivity contribution in [2.45, 2.75) is 57.2 Å². The van der Waals surface area contributed by atoms with Gasteiger partial charge in [-0.1, -0.05) is 6.92 Å². The van der Waals surface area contributed by atoms with Crippen molar-refractivity contribution < 1.29 is 4.74 Å². The highest BCUT2D eigenvalue weighted by Gasteiger charge is 2.32. The summed E-state index contributed by atoms with van der Waals surface area (Å²) in [6.07, 6.45) is 6.64. The largest absolute Gasteiger partial charge is 0.381 e. The third-order valence-electron chi connectivity index (χ3n) is 4.41. The van der Waals surface area contributed by atoms with Crippen LogP contribution >= 0.6 is 0 Å². The Morgan fingerprint density at radius 2 is 1.81 bits per heavy atom. The van der Waals surface area contributed by atoms with E-state index < -0.39 is 0 Å². The SMILES string of the molecule is COC1CCN(C2CC(C)CCC2N)CC1. The summed E-state index contributed by atoms with van der Waals surface area (Å²) in [5, 5.41) is 0. The van der Waals surface area contributed by atoms with Gasteiger partial charge in [-0.3, -0.25) is 4.90 Å². The van der Waals surface area contributed by atoms with Crippen LogP contribution in [0.2, 0.25) is 0 Å². The van der Waals surface area contributed by atoms with Crippen molar-refractivity contribution >= 4 is 0 Å². The maximum absolute atomic E-state index is 6.27. The van der Waals surface area contributed by atoms with Crippen LogP contribution in [-0.2, 0) is 4.74 Å². The lowest BCUT2D eigenvalue weighted by Gasteiger charge is -2.43. The molecule has 2 N–H and O–H groups in total. The maximum Gasteiger partial charge on any atom is 0.0595 e. The van der Waals surface area contributed by atoms with E-state index in [2.05, 4.69) is 11.8 Å². The molecule has 0 aromatic carbocycles. The second kappa shape index (κ2) is 5.48. The number of rotatable bonds is 2. The van der Waals surface area contributed by atoms with Gasteiger partial charge in [0.05, 0.1) is 6.10 Å². The Hall–Kier alpha value is -0.120. The Morgan fingerprint density at radius 1 is 1.12 bits per heavy atom. The minimum absolute atomic E-state index is 0.398. The van der Waals surface area contributed by atoms with Crippen LogP contribution in [0.1, 0.15) is 39.0 Å². The van der Waals surface area contributed by atoms with Crippen LogP contribution in [0.25, 0.3) is 0 Å². The van der Waals surface area contributed by atoms with Crippen molar-refractivity contribution in [2.75, 3.05) is 20.2 Å². The van der Waals surface area contributed by atoms with Gasteiger partial charge in [-0.25, -0.2) is 0 Å². The molecule has 3 heteroatoms. The fourth-order valence-electron chi connectivity index (χ4n) is 3.24. The van der Waals surface area contributed by atoms with Gasteiger partial charge in [0.2, 0.25) is 0 Å². The molecule has 0 bridgehead atoms. The molecule has 1 saturated heterocycles. The predicted molar refractivity (Wildman–Crippen MR) is 66.4 cm³/mol. The summed E-state index contributed by atoms with van der Waals surface area (Å²) in [6.45, 7) is 4.70. The third-order valence-corrected chi connectivity index (χ3v) is 4.41. The fourth-order valence-corrected chi connectivity index (χ4v) is 3.24. The molecule has 0 aromatic rings. The van der Waals surface area contributed by atoms with Crippen LogP contribution in [0.3, 0.4) is 0 Å². The standard InChI is InChI=1S/C13H26N2O/c1-10-3-4-12(14)13(9-10)15-7-5-11(16-2)6-8-15/h10-13H,3-9,14H2,1-2H3. The first-order valence-electron chi connectivity index (χ1n) is 6.73. The number of hydrogen-bond acceptors (Lipinski definition) is 3. The van der Waals surface area contributed by atoms with Crippen LogP contribution in [0.15, 0.2) is 0 Å². The quantitative estimate of drug-likeness (QED) is 0.777. The van der Waals surface area contributed by atoms with Crippen molar-refractivity contribution in [3.05, 3.63) is 0 Å². The molecule has 2 fully saturated rings. The lowest BCUT2D eigenvalue weighted by molar-refractivity contribution is 0.0127. The highest BCUT2D eigenvalue weighted by molar-refractivity contribution is 4.90. The molecule has 0 radical (unpaired) electrons. The van der Waals surface area contributed by atoms with Crippen molar-refractivity contribution in [1.82, 2.24) is 4.90 Å². The highest BCUT2D eigenvalue weighted by Crippen LogP contribution is 2.28. The molecule has 3 nitrogen and oxygen atoms in total. The molecule has 3 unspecified atom stereocenters. The second-order valence-electron chi connectivity index (χ2n) is 5.62. The predicted octanol–water partition coefficient (Wildman–Crippen LogP) is 1.61. The molecule has 1 saturated carbocycles. The molecular weight excluding hydrogens is 200 g/mol. The van der Waals surface area contributed by atoms with Gasteiger partial charge in [-0.05, 0) is 38.0 Å². The van der Waals surface area contributed by atoms with Crippen LogP contribution < -0.4 is 5.73 Å². The average Bonchev–Trinajstić information content (AvgIpc) is 2.32. The smallest absolute Gasteiger partial charge is 0.0595 e. The lowest BCUT2D eigenvalue weighted by atomic mass is 9.82. The van der Waals surface area contributed by atoms with E-state index in [0.29, 0.717) is 18.2 Å². The van der Waals surface area contributed by atoms with E-state index in [9.17, 15) is 0 Å². The summed E-state index contributed by atoms with van der Waals surface area (Å²) < 4.78 is 5.42. The number of methoxy groups -OCH3 is 1. The number of ether oxygens (including phenoxy) is 1. The maximum atomic E-state index is 6.27. The Labute approximate surface area is 99.3 Å². The monoisotopic (exact) mass is 226 g/mol. The summed E-state index contributed by atoms with van der Waals surface area (Å²) in [7, 11) is 1.83. The van der Waals surface area contributed by atoms with E-state index in [-0.39, 0.29) is 0 Å². The van der Waals surface area contributed by atoms with E-state index >= 15 is 0 Å². The molecule has 0 aromatic heterocycles. The summed E-state index contributed by atoms with van der Waals surface area (Å²) in [4.78, 5) is 2.61. The number of hydrogen-bond donors (Lipinski definition) is 1. The molecule has 2 aliphatic rings. The summed E-state index contributed by atoms with van der Waals surface area (Å²) in [5.41, 5.74) is 6.27. The van der Waals surface area contributed by atoms with Gasteiger partial charge in [-0.2, -0.15) is 0 Å². The Morgan fingerprint density at radius 3 is 2.44 bits per heavy atom. The molecule has 0 amide bonds. The first-order valence-corrected chi connectivity index (χ1v) is 6.73. The minimum Gasteiger partial charge on any atom is -0.381 e. The molecule has 1 heterocycles. The van der Waals surface area contributed by atoms with Crippen molar-refractivity contribution in [1.29, 1.82) is 0 Å². The minimum atomic E-state index is 0.398. The molecule has 3 atom stereocenters. The van der Waals surface area contributed by atoms with E-state index in [1.807, 2.05) is 7.11 Å². The van der Waals surface area contributed by atoms with Gasteiger partial charge in [0.15, 0.2) is 0 Å². The van der Waals surface area contributed by atoms with Crippen LogP contribution in [0, 0.1) is 5.92 Å². The molecule has 16 heavy (non-hydrogen) atoms. The van der Waals surface area contributed by atoms with Crippen molar-refractivity contribution in [3.8, 4) is 0 Å². The van der Waals surface area contributed by atoms with Crippen LogP contribution in [0.4, 0.5) is 0 Å². The van der Waals surface area contributed by atoms with Gasteiger partial charge in [0, 0.05) is 32.3 Å². The van der Waals surface area contributed by atoms with E-state index in [0.717, 1.165) is 5.92 Å². The van der Waals surface area contributed by atoms with Gasteiger partial charge in [-0.15, -0.1) is 0 Å². The van der Waals surface area contributed by atoms with Crippen molar-refractivity contribution in [2.24, 2.45) is 11.7 Å². The average molecular weight is 226 g/mol. The highest BCUT2D eigenvalue weighted by atomic mass is 16.5. The molecule has 0 spiro atoms. The number of likely N-dealkylation sites (tertiary alicyclic amines) is 1. The molecular formula is C13H26N2O. The first-order chi connectivity index (χ1) is 7.70. The second-order valence-corrected chi connectivity index (χ2v) is 5.62. The first kappa shape index (κ1) is 12.3. The zero-order valence-corrected chi connectivity index (χ0v) is 10.7. The summed E-state index contributed by atoms with van der Waals surface area (Å²) >= 11 is 0. The lowest BCUT2D eigenvalue weighted by Crippen LogP contribution is -2.53. The van der Waals surface area contributed by atoms with Crippen LogP contribution in [-0.4, -0.2) is 43.3 Å². The van der Waals surface area contributed by atoms with E-state index in [1.165, 1.54) is 45.2 Å². The Balaban J connectivity index is 1.87. The molecule has 1 aliphatic carbocycles. The molecule has 2 rings (SSSR count). The zero-order chi connectivity index (χ0) is 11.5. The number of nitrogens with zero attached hydrogens (tertiary/aromatic N) is 1.